The van der Waals surface area contributed by atoms with Crippen LogP contribution in [0.25, 0.3) is 21.8 Å². The van der Waals surface area contributed by atoms with Gasteiger partial charge in [-0.25, -0.2) is 9.59 Å². The fraction of sp³-hybridized carbons (Fsp3) is 0.286. The quantitative estimate of drug-likeness (QED) is 0.134. The summed E-state index contributed by atoms with van der Waals surface area (Å²) in [7, 11) is 7.35. The Morgan fingerprint density at radius 1 is 0.737 bits per heavy atom. The van der Waals surface area contributed by atoms with Crippen LogP contribution in [0.5, 0.6) is 0 Å². The van der Waals surface area contributed by atoms with E-state index in [2.05, 4.69) is 31.9 Å². The second kappa shape index (κ2) is 12.3. The SMILES string of the molecule is CN(C)C(Cn1ccc2cc(Br)ccc21)OC(=O)/C=C/C(=O)OC(Cn1ccc2cc(Br)ccc21)N(C)C. The van der Waals surface area contributed by atoms with E-state index in [1.165, 1.54) is 0 Å². The molecule has 0 bridgehead atoms. The average Bonchev–Trinajstić information content (AvgIpc) is 3.44. The number of hydrogen-bond acceptors (Lipinski definition) is 6. The highest BCUT2D eigenvalue weighted by molar-refractivity contribution is 9.10. The zero-order chi connectivity index (χ0) is 27.4. The van der Waals surface area contributed by atoms with Gasteiger partial charge in [0, 0.05) is 55.3 Å². The standard InChI is InChI=1S/C28H30Br2N4O4/c1-31(2)25(17-33-13-11-19-15-21(29)5-7-23(19)33)37-27(35)9-10-28(36)38-26(32(3)4)18-34-14-12-20-16-22(30)6-8-24(20)34/h5-16,25-26H,17-18H2,1-4H3/b10-9+. The van der Waals surface area contributed by atoms with Gasteiger partial charge < -0.3 is 18.6 Å². The van der Waals surface area contributed by atoms with Gasteiger partial charge in [0.15, 0.2) is 12.5 Å². The minimum atomic E-state index is -0.622. The van der Waals surface area contributed by atoms with E-state index in [-0.39, 0.29) is 0 Å². The van der Waals surface area contributed by atoms with Gasteiger partial charge in [0.2, 0.25) is 0 Å². The molecule has 2 atom stereocenters. The number of carbonyl (C=O) groups is 2. The maximum absolute atomic E-state index is 12.6. The van der Waals surface area contributed by atoms with E-state index in [1.807, 2.05) is 108 Å². The Balaban J connectivity index is 1.37. The van der Waals surface area contributed by atoms with Crippen molar-refractivity contribution in [2.24, 2.45) is 0 Å². The molecule has 0 aliphatic carbocycles. The zero-order valence-electron chi connectivity index (χ0n) is 21.7. The number of nitrogens with zero attached hydrogens (tertiary/aromatic N) is 4. The minimum absolute atomic E-state index is 0.437. The van der Waals surface area contributed by atoms with Crippen molar-refractivity contribution in [2.45, 2.75) is 25.5 Å². The number of rotatable bonds is 10. The first-order valence-corrected chi connectivity index (χ1v) is 13.6. The zero-order valence-corrected chi connectivity index (χ0v) is 24.8. The molecular formula is C28H30Br2N4O4. The van der Waals surface area contributed by atoms with Crippen LogP contribution in [-0.2, 0) is 32.2 Å². The molecule has 200 valence electrons. The van der Waals surface area contributed by atoms with Crippen molar-refractivity contribution in [3.63, 3.8) is 0 Å². The number of likely N-dealkylation sites (N-methyl/N-ethyl adjacent to an activating group) is 2. The minimum Gasteiger partial charge on any atom is -0.441 e. The van der Waals surface area contributed by atoms with Gasteiger partial charge in [-0.2, -0.15) is 0 Å². The smallest absolute Gasteiger partial charge is 0.332 e. The summed E-state index contributed by atoms with van der Waals surface area (Å²) in [5.74, 6) is -1.24. The molecule has 38 heavy (non-hydrogen) atoms. The van der Waals surface area contributed by atoms with E-state index < -0.39 is 24.4 Å². The van der Waals surface area contributed by atoms with Crippen LogP contribution in [0.2, 0.25) is 0 Å². The lowest BCUT2D eigenvalue weighted by atomic mass is 10.2. The first-order valence-electron chi connectivity index (χ1n) is 12.0. The Hall–Kier alpha value is -2.92. The molecule has 0 aliphatic heterocycles. The summed E-state index contributed by atoms with van der Waals surface area (Å²) in [6.07, 6.45) is 5.09. The molecule has 2 unspecified atom stereocenters. The van der Waals surface area contributed by atoms with Crippen LogP contribution in [0, 0.1) is 0 Å². The van der Waals surface area contributed by atoms with Crippen molar-refractivity contribution < 1.29 is 19.1 Å². The molecule has 0 spiro atoms. The molecule has 0 amide bonds. The molecule has 0 saturated carbocycles. The molecule has 2 heterocycles. The number of hydrogen-bond donors (Lipinski definition) is 0. The van der Waals surface area contributed by atoms with E-state index in [0.717, 1.165) is 42.9 Å². The monoisotopic (exact) mass is 644 g/mol. The largest absolute Gasteiger partial charge is 0.441 e. The lowest BCUT2D eigenvalue weighted by Crippen LogP contribution is -2.36. The third kappa shape index (κ3) is 6.93. The van der Waals surface area contributed by atoms with Gasteiger partial charge in [0.1, 0.15) is 0 Å². The summed E-state index contributed by atoms with van der Waals surface area (Å²) in [5, 5.41) is 2.17. The molecule has 0 fully saturated rings. The molecular weight excluding hydrogens is 616 g/mol. The molecule has 2 aromatic heterocycles. The van der Waals surface area contributed by atoms with Gasteiger partial charge in [0.25, 0.3) is 0 Å². The van der Waals surface area contributed by atoms with Crippen molar-refractivity contribution in [2.75, 3.05) is 28.2 Å². The molecule has 8 nitrogen and oxygen atoms in total. The van der Waals surface area contributed by atoms with Crippen LogP contribution < -0.4 is 0 Å². The number of aromatic nitrogens is 2. The van der Waals surface area contributed by atoms with E-state index in [1.54, 1.807) is 0 Å². The van der Waals surface area contributed by atoms with E-state index in [4.69, 9.17) is 9.47 Å². The van der Waals surface area contributed by atoms with Crippen LogP contribution in [0.15, 0.2) is 82.0 Å². The van der Waals surface area contributed by atoms with Gasteiger partial charge in [-0.05, 0) is 76.7 Å². The van der Waals surface area contributed by atoms with Crippen LogP contribution in [-0.4, -0.2) is 71.5 Å². The topological polar surface area (TPSA) is 68.9 Å². The van der Waals surface area contributed by atoms with Gasteiger partial charge in [-0.1, -0.05) is 31.9 Å². The third-order valence-electron chi connectivity index (χ3n) is 6.18. The summed E-state index contributed by atoms with van der Waals surface area (Å²) in [6, 6.07) is 16.1. The second-order valence-electron chi connectivity index (χ2n) is 9.39. The number of esters is 2. The molecule has 10 heteroatoms. The van der Waals surface area contributed by atoms with Crippen LogP contribution in [0.4, 0.5) is 0 Å². The number of benzene rings is 2. The van der Waals surface area contributed by atoms with E-state index >= 15 is 0 Å². The molecule has 0 saturated heterocycles. The normalized spacial score (nSPS) is 13.6. The Kier molecular flexibility index (Phi) is 9.09. The highest BCUT2D eigenvalue weighted by Crippen LogP contribution is 2.23. The number of halogens is 2. The number of carbonyl (C=O) groups excluding carboxylic acids is 2. The summed E-state index contributed by atoms with van der Waals surface area (Å²) >= 11 is 6.98. The molecule has 0 aliphatic rings. The first kappa shape index (κ1) is 28.1. The van der Waals surface area contributed by atoms with E-state index in [9.17, 15) is 9.59 Å². The molecule has 2 aromatic carbocycles. The predicted molar refractivity (Wildman–Crippen MR) is 156 cm³/mol. The van der Waals surface area contributed by atoms with Crippen molar-refractivity contribution in [3.05, 3.63) is 82.0 Å². The first-order chi connectivity index (χ1) is 18.1. The molecule has 0 N–H and O–H groups in total. The van der Waals surface area contributed by atoms with Gasteiger partial charge >= 0.3 is 11.9 Å². The number of ether oxygens (including phenoxy) is 2. The van der Waals surface area contributed by atoms with Crippen molar-refractivity contribution in [3.8, 4) is 0 Å². The van der Waals surface area contributed by atoms with Crippen molar-refractivity contribution in [1.82, 2.24) is 18.9 Å². The van der Waals surface area contributed by atoms with Crippen LogP contribution in [0.1, 0.15) is 0 Å². The summed E-state index contributed by atoms with van der Waals surface area (Å²) in [5.41, 5.74) is 2.07. The summed E-state index contributed by atoms with van der Waals surface area (Å²) in [6.45, 7) is 0.874. The Morgan fingerprint density at radius 3 is 1.50 bits per heavy atom. The maximum atomic E-state index is 12.6. The lowest BCUT2D eigenvalue weighted by Gasteiger charge is -2.25. The highest BCUT2D eigenvalue weighted by Gasteiger charge is 2.20. The molecule has 0 radical (unpaired) electrons. The Bertz CT molecular complexity index is 1360. The second-order valence-corrected chi connectivity index (χ2v) is 11.2. The fourth-order valence-electron chi connectivity index (χ4n) is 4.09. The average molecular weight is 646 g/mol. The summed E-state index contributed by atoms with van der Waals surface area (Å²) < 4.78 is 17.4. The Morgan fingerprint density at radius 2 is 1.13 bits per heavy atom. The molecule has 4 rings (SSSR count). The predicted octanol–water partition coefficient (Wildman–Crippen LogP) is 5.24. The molecule has 4 aromatic rings. The maximum Gasteiger partial charge on any atom is 0.332 e. The van der Waals surface area contributed by atoms with E-state index in [0.29, 0.717) is 13.1 Å². The fourth-order valence-corrected chi connectivity index (χ4v) is 4.85. The lowest BCUT2D eigenvalue weighted by molar-refractivity contribution is -0.154. The van der Waals surface area contributed by atoms with Crippen LogP contribution >= 0.6 is 31.9 Å². The Labute approximate surface area is 238 Å². The van der Waals surface area contributed by atoms with Gasteiger partial charge in [0.05, 0.1) is 13.1 Å². The highest BCUT2D eigenvalue weighted by atomic mass is 79.9. The third-order valence-corrected chi connectivity index (χ3v) is 7.17. The van der Waals surface area contributed by atoms with Crippen molar-refractivity contribution in [1.29, 1.82) is 0 Å². The van der Waals surface area contributed by atoms with Crippen LogP contribution in [0.3, 0.4) is 0 Å². The summed E-state index contributed by atoms with van der Waals surface area (Å²) in [4.78, 5) is 28.8. The van der Waals surface area contributed by atoms with Gasteiger partial charge in [-0.3, -0.25) is 9.80 Å². The number of fused-ring (bicyclic) bond motifs is 2. The van der Waals surface area contributed by atoms with Gasteiger partial charge in [-0.15, -0.1) is 0 Å². The van der Waals surface area contributed by atoms with Crippen molar-refractivity contribution >= 4 is 65.6 Å².